The number of carbonyl (C=O) groups excluding carboxylic acids is 1. The molecule has 3 unspecified atom stereocenters. The summed E-state index contributed by atoms with van der Waals surface area (Å²) in [5.41, 5.74) is 0.887. The van der Waals surface area contributed by atoms with Crippen LogP contribution in [0, 0.1) is 5.92 Å². The van der Waals surface area contributed by atoms with Gasteiger partial charge in [-0.1, -0.05) is 30.3 Å². The Morgan fingerprint density at radius 3 is 2.70 bits per heavy atom. The quantitative estimate of drug-likeness (QED) is 0.877. The van der Waals surface area contributed by atoms with Crippen LogP contribution in [-0.2, 0) is 4.79 Å². The van der Waals surface area contributed by atoms with Crippen molar-refractivity contribution in [1.82, 2.24) is 5.32 Å². The SMILES string of the molecule is O=C(Nc1ccc2ccccc2c1)C1NC2CCC1C2. The van der Waals surface area contributed by atoms with Gasteiger partial charge in [0, 0.05) is 11.7 Å². The fourth-order valence-electron chi connectivity index (χ4n) is 3.64. The van der Waals surface area contributed by atoms with Crippen LogP contribution < -0.4 is 10.6 Å². The highest BCUT2D eigenvalue weighted by molar-refractivity contribution is 5.97. The van der Waals surface area contributed by atoms with Gasteiger partial charge in [-0.2, -0.15) is 0 Å². The van der Waals surface area contributed by atoms with E-state index in [9.17, 15) is 4.79 Å². The largest absolute Gasteiger partial charge is 0.325 e. The number of amides is 1. The summed E-state index contributed by atoms with van der Waals surface area (Å²) in [6.07, 6.45) is 3.58. The molecule has 2 N–H and O–H groups in total. The van der Waals surface area contributed by atoms with Crippen LogP contribution in [0.4, 0.5) is 5.69 Å². The number of nitrogens with one attached hydrogen (secondary N) is 2. The minimum Gasteiger partial charge on any atom is -0.325 e. The Labute approximate surface area is 118 Å². The summed E-state index contributed by atoms with van der Waals surface area (Å²) >= 11 is 0. The maximum atomic E-state index is 12.4. The van der Waals surface area contributed by atoms with Crippen molar-refractivity contribution in [3.8, 4) is 0 Å². The first-order chi connectivity index (χ1) is 9.79. The summed E-state index contributed by atoms with van der Waals surface area (Å²) in [6, 6.07) is 14.8. The lowest BCUT2D eigenvalue weighted by atomic mass is 9.99. The van der Waals surface area contributed by atoms with E-state index < -0.39 is 0 Å². The van der Waals surface area contributed by atoms with Gasteiger partial charge in [0.25, 0.3) is 0 Å². The number of hydrogen-bond donors (Lipinski definition) is 2. The first kappa shape index (κ1) is 11.9. The van der Waals surface area contributed by atoms with E-state index in [1.807, 2.05) is 24.3 Å². The maximum absolute atomic E-state index is 12.4. The molecular weight excluding hydrogens is 248 g/mol. The minimum absolute atomic E-state index is 0.000204. The number of hydrogen-bond acceptors (Lipinski definition) is 2. The van der Waals surface area contributed by atoms with Gasteiger partial charge in [-0.25, -0.2) is 0 Å². The molecule has 1 saturated carbocycles. The first-order valence-corrected chi connectivity index (χ1v) is 7.35. The Bertz CT molecular complexity index is 667. The molecule has 102 valence electrons. The predicted octanol–water partition coefficient (Wildman–Crippen LogP) is 2.92. The average Bonchev–Trinajstić information content (AvgIpc) is 3.10. The molecule has 3 heteroatoms. The number of carbonyl (C=O) groups is 1. The Morgan fingerprint density at radius 1 is 1.10 bits per heavy atom. The van der Waals surface area contributed by atoms with Crippen molar-refractivity contribution in [2.75, 3.05) is 5.32 Å². The molecule has 0 radical (unpaired) electrons. The van der Waals surface area contributed by atoms with Crippen molar-refractivity contribution in [3.63, 3.8) is 0 Å². The zero-order valence-electron chi connectivity index (χ0n) is 11.3. The van der Waals surface area contributed by atoms with Gasteiger partial charge in [-0.15, -0.1) is 0 Å². The third-order valence-corrected chi connectivity index (χ3v) is 4.66. The molecule has 4 rings (SSSR count). The first-order valence-electron chi connectivity index (χ1n) is 7.35. The minimum atomic E-state index is 0.000204. The fourth-order valence-corrected chi connectivity index (χ4v) is 3.64. The molecule has 2 fully saturated rings. The molecule has 3 atom stereocenters. The highest BCUT2D eigenvalue weighted by Gasteiger charge is 2.42. The number of anilines is 1. The van der Waals surface area contributed by atoms with Gasteiger partial charge in [0.2, 0.25) is 5.91 Å². The van der Waals surface area contributed by atoms with Crippen LogP contribution >= 0.6 is 0 Å². The summed E-state index contributed by atoms with van der Waals surface area (Å²) in [5.74, 6) is 0.646. The highest BCUT2D eigenvalue weighted by atomic mass is 16.2. The number of benzene rings is 2. The van der Waals surface area contributed by atoms with E-state index in [1.54, 1.807) is 0 Å². The molecule has 1 heterocycles. The van der Waals surface area contributed by atoms with Gasteiger partial charge in [0.05, 0.1) is 6.04 Å². The van der Waals surface area contributed by atoms with Gasteiger partial charge in [-0.05, 0) is 48.1 Å². The van der Waals surface area contributed by atoms with Crippen molar-refractivity contribution < 1.29 is 4.79 Å². The van der Waals surface area contributed by atoms with Crippen molar-refractivity contribution in [2.24, 2.45) is 5.92 Å². The molecule has 2 bridgehead atoms. The summed E-state index contributed by atoms with van der Waals surface area (Å²) in [7, 11) is 0. The van der Waals surface area contributed by atoms with Crippen LogP contribution in [0.2, 0.25) is 0 Å². The third kappa shape index (κ3) is 1.98. The van der Waals surface area contributed by atoms with E-state index in [-0.39, 0.29) is 11.9 Å². The second kappa shape index (κ2) is 4.60. The van der Waals surface area contributed by atoms with Gasteiger partial charge < -0.3 is 10.6 Å². The molecule has 1 saturated heterocycles. The zero-order valence-corrected chi connectivity index (χ0v) is 11.3. The van der Waals surface area contributed by atoms with Crippen LogP contribution in [0.5, 0.6) is 0 Å². The van der Waals surface area contributed by atoms with Crippen LogP contribution in [0.15, 0.2) is 42.5 Å². The molecule has 2 aromatic carbocycles. The molecule has 20 heavy (non-hydrogen) atoms. The lowest BCUT2D eigenvalue weighted by Crippen LogP contribution is -2.44. The number of piperidine rings is 1. The topological polar surface area (TPSA) is 41.1 Å². The van der Waals surface area contributed by atoms with Crippen LogP contribution in [-0.4, -0.2) is 18.0 Å². The smallest absolute Gasteiger partial charge is 0.241 e. The van der Waals surface area contributed by atoms with Crippen molar-refractivity contribution >= 4 is 22.4 Å². The van der Waals surface area contributed by atoms with Gasteiger partial charge >= 0.3 is 0 Å². The zero-order chi connectivity index (χ0) is 13.5. The Kier molecular flexibility index (Phi) is 2.74. The summed E-state index contributed by atoms with van der Waals surface area (Å²) in [5, 5.41) is 8.85. The van der Waals surface area contributed by atoms with E-state index in [2.05, 4.69) is 28.8 Å². The van der Waals surface area contributed by atoms with Crippen molar-refractivity contribution in [3.05, 3.63) is 42.5 Å². The Hall–Kier alpha value is -1.87. The summed E-state index contributed by atoms with van der Waals surface area (Å²) in [6.45, 7) is 0. The van der Waals surface area contributed by atoms with Crippen molar-refractivity contribution in [2.45, 2.75) is 31.3 Å². The summed E-state index contributed by atoms with van der Waals surface area (Å²) < 4.78 is 0. The van der Waals surface area contributed by atoms with E-state index in [4.69, 9.17) is 0 Å². The lowest BCUT2D eigenvalue weighted by Gasteiger charge is -2.22. The van der Waals surface area contributed by atoms with E-state index in [0.717, 1.165) is 17.5 Å². The number of rotatable bonds is 2. The molecule has 0 spiro atoms. The lowest BCUT2D eigenvalue weighted by molar-refractivity contribution is -0.119. The monoisotopic (exact) mass is 266 g/mol. The average molecular weight is 266 g/mol. The predicted molar refractivity (Wildman–Crippen MR) is 80.6 cm³/mol. The van der Waals surface area contributed by atoms with Crippen LogP contribution in [0.3, 0.4) is 0 Å². The van der Waals surface area contributed by atoms with Crippen LogP contribution in [0.25, 0.3) is 10.8 Å². The van der Waals surface area contributed by atoms with E-state index >= 15 is 0 Å². The Morgan fingerprint density at radius 2 is 1.95 bits per heavy atom. The molecule has 1 aliphatic heterocycles. The Balaban J connectivity index is 1.53. The molecular formula is C17H18N2O. The maximum Gasteiger partial charge on any atom is 0.241 e. The van der Waals surface area contributed by atoms with Gasteiger partial charge in [-0.3, -0.25) is 4.79 Å². The standard InChI is InChI=1S/C17H18N2O/c20-17(16-13-6-8-14(10-13)18-16)19-15-7-5-11-3-1-2-4-12(11)9-15/h1-5,7,9,13-14,16,18H,6,8,10H2,(H,19,20). The molecule has 3 nitrogen and oxygen atoms in total. The van der Waals surface area contributed by atoms with E-state index in [1.165, 1.54) is 18.2 Å². The molecule has 2 aromatic rings. The molecule has 1 amide bonds. The second-order valence-electron chi connectivity index (χ2n) is 5.97. The van der Waals surface area contributed by atoms with Gasteiger partial charge in [0.1, 0.15) is 0 Å². The second-order valence-corrected chi connectivity index (χ2v) is 5.97. The molecule has 1 aliphatic carbocycles. The summed E-state index contributed by atoms with van der Waals surface area (Å²) in [4.78, 5) is 12.4. The van der Waals surface area contributed by atoms with Gasteiger partial charge in [0.15, 0.2) is 0 Å². The van der Waals surface area contributed by atoms with E-state index in [0.29, 0.717) is 12.0 Å². The van der Waals surface area contributed by atoms with Crippen LogP contribution in [0.1, 0.15) is 19.3 Å². The fraction of sp³-hybridized carbons (Fsp3) is 0.353. The van der Waals surface area contributed by atoms with Crippen molar-refractivity contribution in [1.29, 1.82) is 0 Å². The highest BCUT2D eigenvalue weighted by Crippen LogP contribution is 2.35. The molecule has 0 aromatic heterocycles. The number of fused-ring (bicyclic) bond motifs is 3. The third-order valence-electron chi connectivity index (χ3n) is 4.66. The molecule has 2 aliphatic rings. The normalized spacial score (nSPS) is 27.9.